The molecule has 0 saturated heterocycles. The molecule has 0 aromatic heterocycles. The molecular weight excluding hydrogens is 170 g/mol. The van der Waals surface area contributed by atoms with Gasteiger partial charge in [0.25, 0.3) is 0 Å². The summed E-state index contributed by atoms with van der Waals surface area (Å²) in [6, 6.07) is -0.173. The fraction of sp³-hybridized carbons (Fsp3) is 0.889. The molecule has 78 valence electrons. The number of hydrogen-bond donors (Lipinski definition) is 2. The summed E-state index contributed by atoms with van der Waals surface area (Å²) in [6.07, 6.45) is 0. The summed E-state index contributed by atoms with van der Waals surface area (Å²) in [5.74, 6) is 0.0603. The molecule has 0 rings (SSSR count). The second-order valence-electron chi connectivity index (χ2n) is 3.24. The smallest absolute Gasteiger partial charge is 0.246 e. The molecule has 0 aliphatic rings. The summed E-state index contributed by atoms with van der Waals surface area (Å²) in [4.78, 5) is 11.1. The molecule has 0 saturated carbocycles. The molecule has 0 fully saturated rings. The fourth-order valence-electron chi connectivity index (χ4n) is 0.866. The Morgan fingerprint density at radius 1 is 1.54 bits per heavy atom. The van der Waals surface area contributed by atoms with Crippen molar-refractivity contribution in [2.24, 2.45) is 5.92 Å². The summed E-state index contributed by atoms with van der Waals surface area (Å²) in [5.41, 5.74) is 0. The molecule has 0 heterocycles. The van der Waals surface area contributed by atoms with Crippen LogP contribution in [-0.2, 0) is 9.53 Å². The third kappa shape index (κ3) is 5.60. The Morgan fingerprint density at radius 2 is 2.15 bits per heavy atom. The van der Waals surface area contributed by atoms with Crippen LogP contribution in [0, 0.1) is 5.92 Å². The highest BCUT2D eigenvalue weighted by Crippen LogP contribution is 1.99. The molecule has 2 N–H and O–H groups in total. The van der Waals surface area contributed by atoms with Gasteiger partial charge in [0.1, 0.15) is 6.61 Å². The zero-order valence-electron chi connectivity index (χ0n) is 8.54. The summed E-state index contributed by atoms with van der Waals surface area (Å²) < 4.78 is 4.93. The molecule has 13 heavy (non-hydrogen) atoms. The van der Waals surface area contributed by atoms with E-state index in [4.69, 9.17) is 9.84 Å². The van der Waals surface area contributed by atoms with Gasteiger partial charge in [0.15, 0.2) is 0 Å². The van der Waals surface area contributed by atoms with E-state index in [2.05, 4.69) is 5.32 Å². The lowest BCUT2D eigenvalue weighted by atomic mass is 10.1. The number of amides is 1. The molecule has 1 atom stereocenters. The molecule has 0 spiro atoms. The molecule has 1 amide bonds. The third-order valence-electron chi connectivity index (χ3n) is 1.79. The van der Waals surface area contributed by atoms with Gasteiger partial charge in [0.2, 0.25) is 5.91 Å². The molecule has 0 aliphatic heterocycles. The number of aliphatic hydroxyl groups is 1. The Labute approximate surface area is 79.3 Å². The van der Waals surface area contributed by atoms with E-state index in [1.165, 1.54) is 0 Å². The van der Waals surface area contributed by atoms with Crippen molar-refractivity contribution in [3.05, 3.63) is 0 Å². The van der Waals surface area contributed by atoms with Gasteiger partial charge in [-0.3, -0.25) is 4.79 Å². The van der Waals surface area contributed by atoms with Crippen molar-refractivity contribution >= 4 is 5.91 Å². The zero-order valence-corrected chi connectivity index (χ0v) is 8.54. The maximum absolute atomic E-state index is 11.1. The van der Waals surface area contributed by atoms with Gasteiger partial charge in [0, 0.05) is 6.61 Å². The first kappa shape index (κ1) is 12.4. The molecule has 1 unspecified atom stereocenters. The minimum atomic E-state index is -0.173. The van der Waals surface area contributed by atoms with Crippen LogP contribution in [0.5, 0.6) is 0 Å². The van der Waals surface area contributed by atoms with Crippen LogP contribution in [0.3, 0.4) is 0 Å². The highest BCUT2D eigenvalue weighted by Gasteiger charge is 2.14. The molecular formula is C9H19NO3. The van der Waals surface area contributed by atoms with Gasteiger partial charge in [-0.2, -0.15) is 0 Å². The van der Waals surface area contributed by atoms with E-state index in [9.17, 15) is 4.79 Å². The highest BCUT2D eigenvalue weighted by atomic mass is 16.5. The largest absolute Gasteiger partial charge is 0.394 e. The molecule has 0 radical (unpaired) electrons. The summed E-state index contributed by atoms with van der Waals surface area (Å²) >= 11 is 0. The van der Waals surface area contributed by atoms with Crippen molar-refractivity contribution in [2.75, 3.05) is 19.8 Å². The van der Waals surface area contributed by atoms with Crippen LogP contribution >= 0.6 is 0 Å². The van der Waals surface area contributed by atoms with Crippen LogP contribution in [0.4, 0.5) is 0 Å². The SMILES string of the molecule is CCOCC(=O)NC(CO)C(C)C. The summed E-state index contributed by atoms with van der Waals surface area (Å²) in [6.45, 7) is 6.29. The van der Waals surface area contributed by atoms with E-state index < -0.39 is 0 Å². The van der Waals surface area contributed by atoms with Crippen molar-refractivity contribution in [2.45, 2.75) is 26.8 Å². The molecule has 4 heteroatoms. The van der Waals surface area contributed by atoms with Crippen LogP contribution < -0.4 is 5.32 Å². The van der Waals surface area contributed by atoms with E-state index in [0.29, 0.717) is 6.61 Å². The van der Waals surface area contributed by atoms with Gasteiger partial charge < -0.3 is 15.2 Å². The highest BCUT2D eigenvalue weighted by molar-refractivity contribution is 5.77. The molecule has 0 aromatic carbocycles. The van der Waals surface area contributed by atoms with Crippen molar-refractivity contribution in [1.29, 1.82) is 0 Å². The Kier molecular flexibility index (Phi) is 6.54. The first-order valence-corrected chi connectivity index (χ1v) is 4.59. The molecule has 0 bridgehead atoms. The maximum Gasteiger partial charge on any atom is 0.246 e. The number of hydrogen-bond acceptors (Lipinski definition) is 3. The Bertz CT molecular complexity index is 148. The van der Waals surface area contributed by atoms with E-state index in [1.54, 1.807) is 0 Å². The second-order valence-corrected chi connectivity index (χ2v) is 3.24. The van der Waals surface area contributed by atoms with Crippen LogP contribution in [-0.4, -0.2) is 36.9 Å². The van der Waals surface area contributed by atoms with Gasteiger partial charge in [-0.25, -0.2) is 0 Å². The average Bonchev–Trinajstić information content (AvgIpc) is 2.10. The number of nitrogens with one attached hydrogen (secondary N) is 1. The van der Waals surface area contributed by atoms with Crippen molar-refractivity contribution in [3.8, 4) is 0 Å². The van der Waals surface area contributed by atoms with E-state index in [-0.39, 0.29) is 31.1 Å². The lowest BCUT2D eigenvalue weighted by Crippen LogP contribution is -2.42. The van der Waals surface area contributed by atoms with Crippen molar-refractivity contribution in [3.63, 3.8) is 0 Å². The van der Waals surface area contributed by atoms with Crippen LogP contribution in [0.1, 0.15) is 20.8 Å². The Morgan fingerprint density at radius 3 is 2.54 bits per heavy atom. The first-order valence-electron chi connectivity index (χ1n) is 4.59. The van der Waals surface area contributed by atoms with Crippen LogP contribution in [0.25, 0.3) is 0 Å². The third-order valence-corrected chi connectivity index (χ3v) is 1.79. The number of rotatable bonds is 6. The quantitative estimate of drug-likeness (QED) is 0.625. The van der Waals surface area contributed by atoms with Gasteiger partial charge in [-0.1, -0.05) is 13.8 Å². The zero-order chi connectivity index (χ0) is 10.3. The summed E-state index contributed by atoms with van der Waals surface area (Å²) in [5, 5.41) is 11.6. The maximum atomic E-state index is 11.1. The lowest BCUT2D eigenvalue weighted by Gasteiger charge is -2.19. The predicted molar refractivity (Wildman–Crippen MR) is 50.3 cm³/mol. The number of carbonyl (C=O) groups is 1. The number of ether oxygens (including phenoxy) is 1. The van der Waals surface area contributed by atoms with Crippen molar-refractivity contribution < 1.29 is 14.6 Å². The molecule has 0 aliphatic carbocycles. The Hall–Kier alpha value is -0.610. The monoisotopic (exact) mass is 189 g/mol. The second kappa shape index (κ2) is 6.86. The number of aliphatic hydroxyl groups excluding tert-OH is 1. The van der Waals surface area contributed by atoms with Gasteiger partial charge >= 0.3 is 0 Å². The van der Waals surface area contributed by atoms with E-state index in [1.807, 2.05) is 20.8 Å². The lowest BCUT2D eigenvalue weighted by molar-refractivity contribution is -0.126. The Balaban J connectivity index is 3.73. The number of carbonyl (C=O) groups excluding carboxylic acids is 1. The fourth-order valence-corrected chi connectivity index (χ4v) is 0.866. The van der Waals surface area contributed by atoms with Crippen molar-refractivity contribution in [1.82, 2.24) is 5.32 Å². The first-order chi connectivity index (χ1) is 6.11. The van der Waals surface area contributed by atoms with Crippen LogP contribution in [0.15, 0.2) is 0 Å². The van der Waals surface area contributed by atoms with E-state index in [0.717, 1.165) is 0 Å². The minimum Gasteiger partial charge on any atom is -0.394 e. The normalized spacial score (nSPS) is 13.0. The minimum absolute atomic E-state index is 0.0322. The van der Waals surface area contributed by atoms with Gasteiger partial charge in [-0.05, 0) is 12.8 Å². The standard InChI is InChI=1S/C9H19NO3/c1-4-13-6-9(12)10-8(5-11)7(2)3/h7-8,11H,4-6H2,1-3H3,(H,10,12). The van der Waals surface area contributed by atoms with Crippen LogP contribution in [0.2, 0.25) is 0 Å². The summed E-state index contributed by atoms with van der Waals surface area (Å²) in [7, 11) is 0. The predicted octanol–water partition coefficient (Wildman–Crippen LogP) is 0.156. The molecule has 0 aromatic rings. The average molecular weight is 189 g/mol. The van der Waals surface area contributed by atoms with E-state index >= 15 is 0 Å². The van der Waals surface area contributed by atoms with Gasteiger partial charge in [0.05, 0.1) is 12.6 Å². The molecule has 4 nitrogen and oxygen atoms in total. The topological polar surface area (TPSA) is 58.6 Å². The van der Waals surface area contributed by atoms with Gasteiger partial charge in [-0.15, -0.1) is 0 Å².